The lowest BCUT2D eigenvalue weighted by Crippen LogP contribution is -1.76. The maximum absolute atomic E-state index is 5.90. The normalized spacial score (nSPS) is 11.8. The van der Waals surface area contributed by atoms with Crippen molar-refractivity contribution in [3.63, 3.8) is 0 Å². The highest BCUT2D eigenvalue weighted by atomic mass is 32.1. The van der Waals surface area contributed by atoms with Crippen LogP contribution in [0, 0.1) is 0 Å². The van der Waals surface area contributed by atoms with Crippen molar-refractivity contribution in [3.8, 4) is 21.3 Å². The molecule has 4 heterocycles. The van der Waals surface area contributed by atoms with Crippen molar-refractivity contribution in [1.29, 1.82) is 0 Å². The molecule has 0 unspecified atom stereocenters. The molecule has 2 aromatic carbocycles. The van der Waals surface area contributed by atoms with E-state index in [2.05, 4.69) is 34.6 Å². The summed E-state index contributed by atoms with van der Waals surface area (Å²) in [5.74, 6) is 0.652. The number of aromatic nitrogens is 2. The molecule has 0 fully saturated rings. The second-order valence-corrected chi connectivity index (χ2v) is 9.01. The number of hydrogen-bond donors (Lipinski definition) is 0. The Morgan fingerprint density at radius 3 is 2.65 bits per heavy atom. The number of para-hydroxylation sites is 2. The highest BCUT2D eigenvalue weighted by Crippen LogP contribution is 2.40. The molecule has 0 amide bonds. The Morgan fingerprint density at radius 2 is 1.73 bits per heavy atom. The number of thiazole rings is 1. The fourth-order valence-electron chi connectivity index (χ4n) is 3.03. The maximum atomic E-state index is 5.90. The fraction of sp³-hybridized carbons (Fsp3) is 0. The van der Waals surface area contributed by atoms with Crippen LogP contribution in [0.25, 0.3) is 52.1 Å². The second kappa shape index (κ2) is 5.48. The summed E-state index contributed by atoms with van der Waals surface area (Å²) in [5, 5.41) is 3.21. The van der Waals surface area contributed by atoms with Crippen LogP contribution in [0.5, 0.6) is 0 Å². The molecule has 0 spiro atoms. The van der Waals surface area contributed by atoms with Gasteiger partial charge in [0.1, 0.15) is 10.5 Å². The van der Waals surface area contributed by atoms with Gasteiger partial charge in [0.2, 0.25) is 5.89 Å². The van der Waals surface area contributed by atoms with Gasteiger partial charge in [0, 0.05) is 15.0 Å². The number of benzene rings is 2. The lowest BCUT2D eigenvalue weighted by Gasteiger charge is -1.94. The van der Waals surface area contributed by atoms with Gasteiger partial charge in [-0.05, 0) is 47.8 Å². The summed E-state index contributed by atoms with van der Waals surface area (Å²) >= 11 is 5.30. The van der Waals surface area contributed by atoms with Crippen LogP contribution < -0.4 is 0 Å². The van der Waals surface area contributed by atoms with Crippen molar-refractivity contribution >= 4 is 64.7 Å². The number of fused-ring (bicyclic) bond motifs is 3. The summed E-state index contributed by atoms with van der Waals surface area (Å²) in [6.07, 6.45) is 0. The predicted octanol–water partition coefficient (Wildman–Crippen LogP) is 7.05. The van der Waals surface area contributed by atoms with Crippen molar-refractivity contribution < 1.29 is 4.42 Å². The minimum Gasteiger partial charge on any atom is -0.436 e. The van der Waals surface area contributed by atoms with E-state index < -0.39 is 0 Å². The Kier molecular flexibility index (Phi) is 3.08. The van der Waals surface area contributed by atoms with Crippen LogP contribution in [0.3, 0.4) is 0 Å². The summed E-state index contributed by atoms with van der Waals surface area (Å²) in [5.41, 5.74) is 3.69. The molecule has 0 saturated heterocycles. The predicted molar refractivity (Wildman–Crippen MR) is 111 cm³/mol. The molecule has 0 atom stereocenters. The highest BCUT2D eigenvalue weighted by molar-refractivity contribution is 7.31. The Morgan fingerprint density at radius 1 is 0.769 bits per heavy atom. The highest BCUT2D eigenvalue weighted by Gasteiger charge is 2.13. The molecule has 6 aromatic rings. The van der Waals surface area contributed by atoms with E-state index in [-0.39, 0.29) is 0 Å². The molecule has 0 N–H and O–H groups in total. The lowest BCUT2D eigenvalue weighted by molar-refractivity contribution is 0.620. The monoisotopic (exact) mass is 390 g/mol. The third-order valence-electron chi connectivity index (χ3n) is 4.28. The summed E-state index contributed by atoms with van der Waals surface area (Å²) in [4.78, 5) is 10.6. The van der Waals surface area contributed by atoms with Gasteiger partial charge in [-0.2, -0.15) is 0 Å². The van der Waals surface area contributed by atoms with E-state index in [0.29, 0.717) is 5.89 Å². The van der Waals surface area contributed by atoms with Gasteiger partial charge in [-0.15, -0.1) is 34.0 Å². The third-order valence-corrected chi connectivity index (χ3v) is 7.56. The molecule has 0 aliphatic rings. The van der Waals surface area contributed by atoms with Gasteiger partial charge in [0.05, 0.1) is 15.1 Å². The molecule has 124 valence electrons. The molecule has 0 radical (unpaired) electrons. The van der Waals surface area contributed by atoms with Gasteiger partial charge < -0.3 is 4.42 Å². The van der Waals surface area contributed by atoms with Gasteiger partial charge in [-0.25, -0.2) is 9.97 Å². The van der Waals surface area contributed by atoms with Crippen LogP contribution in [0.1, 0.15) is 0 Å². The molecule has 0 aliphatic heterocycles. The van der Waals surface area contributed by atoms with Crippen molar-refractivity contribution in [3.05, 3.63) is 60.0 Å². The Hall–Kier alpha value is -2.54. The van der Waals surface area contributed by atoms with E-state index in [4.69, 9.17) is 9.40 Å². The number of rotatable bonds is 2. The number of nitrogens with zero attached hydrogens (tertiary/aromatic N) is 2. The van der Waals surface area contributed by atoms with Crippen LogP contribution in [0.15, 0.2) is 64.4 Å². The molecule has 0 saturated carbocycles. The summed E-state index contributed by atoms with van der Waals surface area (Å²) in [6, 6.07) is 18.5. The average Bonchev–Trinajstić information content (AvgIpc) is 3.40. The zero-order valence-electron chi connectivity index (χ0n) is 13.3. The van der Waals surface area contributed by atoms with Crippen LogP contribution in [0.2, 0.25) is 0 Å². The largest absolute Gasteiger partial charge is 0.436 e. The van der Waals surface area contributed by atoms with Crippen LogP contribution in [-0.4, -0.2) is 9.97 Å². The zero-order chi connectivity index (χ0) is 17.1. The summed E-state index contributed by atoms with van der Waals surface area (Å²) in [7, 11) is 0. The molecule has 26 heavy (non-hydrogen) atoms. The van der Waals surface area contributed by atoms with Gasteiger partial charge in [-0.1, -0.05) is 12.1 Å². The third kappa shape index (κ3) is 2.23. The molecular formula is C20H10N2OS3. The van der Waals surface area contributed by atoms with Crippen LogP contribution in [0.4, 0.5) is 0 Å². The van der Waals surface area contributed by atoms with Crippen LogP contribution in [-0.2, 0) is 0 Å². The molecule has 3 nitrogen and oxygen atoms in total. The number of thiophene rings is 2. The first-order chi connectivity index (χ1) is 12.8. The van der Waals surface area contributed by atoms with E-state index in [9.17, 15) is 0 Å². The maximum Gasteiger partial charge on any atom is 0.227 e. The standard InChI is InChI=1S/C20H10N2OS3/c1-2-4-14-12(3-1)21-19(23-14)11-5-6-13-16(9-11)26-20(22-13)18-10-17-15(25-18)7-8-24-17/h1-10H. The first-order valence-corrected chi connectivity index (χ1v) is 10.6. The SMILES string of the molecule is c1ccc2oc(-c3ccc4nc(-c5cc6sccc6s5)sc4c3)nc2c1. The number of hydrogen-bond acceptors (Lipinski definition) is 6. The van der Waals surface area contributed by atoms with E-state index in [1.54, 1.807) is 34.0 Å². The summed E-state index contributed by atoms with van der Waals surface area (Å²) in [6.45, 7) is 0. The van der Waals surface area contributed by atoms with Crippen molar-refractivity contribution in [2.45, 2.75) is 0 Å². The molecule has 0 aliphatic carbocycles. The van der Waals surface area contributed by atoms with E-state index in [1.165, 1.54) is 14.3 Å². The molecule has 6 heteroatoms. The Labute approximate surface area is 160 Å². The number of oxazole rings is 1. The van der Waals surface area contributed by atoms with Gasteiger partial charge in [-0.3, -0.25) is 0 Å². The summed E-state index contributed by atoms with van der Waals surface area (Å²) < 4.78 is 9.71. The Balaban J connectivity index is 1.47. The smallest absolute Gasteiger partial charge is 0.227 e. The molecule has 0 bridgehead atoms. The minimum atomic E-state index is 0.652. The first kappa shape index (κ1) is 14.6. The lowest BCUT2D eigenvalue weighted by atomic mass is 10.2. The minimum absolute atomic E-state index is 0.652. The van der Waals surface area contributed by atoms with Crippen LogP contribution >= 0.6 is 34.0 Å². The van der Waals surface area contributed by atoms with Gasteiger partial charge in [0.15, 0.2) is 5.58 Å². The quantitative estimate of drug-likeness (QED) is 0.318. The van der Waals surface area contributed by atoms with Crippen molar-refractivity contribution in [2.24, 2.45) is 0 Å². The topological polar surface area (TPSA) is 38.9 Å². The van der Waals surface area contributed by atoms with Gasteiger partial charge >= 0.3 is 0 Å². The molecule has 6 rings (SSSR count). The van der Waals surface area contributed by atoms with Crippen molar-refractivity contribution in [2.75, 3.05) is 0 Å². The molecular weight excluding hydrogens is 380 g/mol. The second-order valence-electron chi connectivity index (χ2n) is 5.95. The molecule has 4 aromatic heterocycles. The van der Waals surface area contributed by atoms with Gasteiger partial charge in [0.25, 0.3) is 0 Å². The van der Waals surface area contributed by atoms with E-state index >= 15 is 0 Å². The van der Waals surface area contributed by atoms with Crippen molar-refractivity contribution in [1.82, 2.24) is 9.97 Å². The average molecular weight is 391 g/mol. The van der Waals surface area contributed by atoms with E-state index in [1.807, 2.05) is 30.3 Å². The zero-order valence-corrected chi connectivity index (χ0v) is 15.8. The van der Waals surface area contributed by atoms with E-state index in [0.717, 1.165) is 31.9 Å². The first-order valence-electron chi connectivity index (χ1n) is 8.07. The Bertz CT molecular complexity index is 1340. The fourth-order valence-corrected chi connectivity index (χ4v) is 6.19.